The van der Waals surface area contributed by atoms with Gasteiger partial charge in [-0.1, -0.05) is 19.0 Å². The highest BCUT2D eigenvalue weighted by Gasteiger charge is 2.34. The fourth-order valence-corrected chi connectivity index (χ4v) is 2.78. The standard InChI is InChI=1S/C12H20N4O2S/c1-5-12(6-2,11(13)16-18)15-10(17)9-7(3)14-8(4)19-9/h18H,5-6H2,1-4H3,(H2,13,16)(H,15,17). The molecule has 1 amide bonds. The van der Waals surface area contributed by atoms with Crippen LogP contribution in [-0.2, 0) is 0 Å². The zero-order chi connectivity index (χ0) is 14.6. The first-order valence-corrected chi connectivity index (χ1v) is 6.96. The Morgan fingerprint density at radius 2 is 2.05 bits per heavy atom. The summed E-state index contributed by atoms with van der Waals surface area (Å²) in [6.45, 7) is 7.41. The fourth-order valence-electron chi connectivity index (χ4n) is 1.96. The van der Waals surface area contributed by atoms with Crippen LogP contribution in [0.15, 0.2) is 5.16 Å². The van der Waals surface area contributed by atoms with Gasteiger partial charge >= 0.3 is 0 Å². The molecule has 0 radical (unpaired) electrons. The Labute approximate surface area is 116 Å². The zero-order valence-corrected chi connectivity index (χ0v) is 12.5. The molecule has 0 saturated heterocycles. The van der Waals surface area contributed by atoms with Crippen LogP contribution in [0.4, 0.5) is 0 Å². The van der Waals surface area contributed by atoms with Crippen LogP contribution in [0.1, 0.15) is 47.1 Å². The molecule has 0 saturated carbocycles. The predicted octanol–water partition coefficient (Wildman–Crippen LogP) is 1.79. The van der Waals surface area contributed by atoms with E-state index in [0.29, 0.717) is 23.4 Å². The topological polar surface area (TPSA) is 101 Å². The van der Waals surface area contributed by atoms with Crippen molar-refractivity contribution < 1.29 is 10.0 Å². The van der Waals surface area contributed by atoms with Gasteiger partial charge in [0.25, 0.3) is 5.91 Å². The highest BCUT2D eigenvalue weighted by molar-refractivity contribution is 7.13. The van der Waals surface area contributed by atoms with Crippen molar-refractivity contribution in [1.82, 2.24) is 10.3 Å². The second kappa shape index (κ2) is 6.01. The Hall–Kier alpha value is -1.63. The summed E-state index contributed by atoms with van der Waals surface area (Å²) in [6, 6.07) is 0. The second-order valence-electron chi connectivity index (χ2n) is 4.38. The van der Waals surface area contributed by atoms with Crippen molar-refractivity contribution in [3.8, 4) is 0 Å². The van der Waals surface area contributed by atoms with Crippen LogP contribution < -0.4 is 11.1 Å². The first-order chi connectivity index (χ1) is 8.90. The molecule has 0 aliphatic heterocycles. The molecule has 1 aromatic heterocycles. The number of hydrogen-bond donors (Lipinski definition) is 3. The van der Waals surface area contributed by atoms with Crippen molar-refractivity contribution >= 4 is 23.1 Å². The van der Waals surface area contributed by atoms with Gasteiger partial charge in [0, 0.05) is 0 Å². The SMILES string of the molecule is CCC(CC)(NC(=O)c1sc(C)nc1C)C(N)=NO. The number of carbonyl (C=O) groups excluding carboxylic acids is 1. The first kappa shape index (κ1) is 15.4. The smallest absolute Gasteiger partial charge is 0.264 e. The number of thiazole rings is 1. The normalized spacial score (nSPS) is 12.5. The molecule has 106 valence electrons. The summed E-state index contributed by atoms with van der Waals surface area (Å²) in [4.78, 5) is 17.1. The molecule has 4 N–H and O–H groups in total. The molecule has 0 aliphatic rings. The number of hydrogen-bond acceptors (Lipinski definition) is 5. The summed E-state index contributed by atoms with van der Waals surface area (Å²) >= 11 is 1.34. The fraction of sp³-hybridized carbons (Fsp3) is 0.583. The van der Waals surface area contributed by atoms with E-state index in [-0.39, 0.29) is 11.7 Å². The van der Waals surface area contributed by atoms with Gasteiger partial charge in [-0.3, -0.25) is 4.79 Å². The first-order valence-electron chi connectivity index (χ1n) is 6.14. The molecule has 0 aliphatic carbocycles. The molecule has 0 fully saturated rings. The van der Waals surface area contributed by atoms with E-state index in [4.69, 9.17) is 10.9 Å². The maximum absolute atomic E-state index is 12.3. The Morgan fingerprint density at radius 3 is 2.42 bits per heavy atom. The van der Waals surface area contributed by atoms with Gasteiger partial charge in [0.2, 0.25) is 0 Å². The average Bonchev–Trinajstić information content (AvgIpc) is 2.74. The summed E-state index contributed by atoms with van der Waals surface area (Å²) in [6.07, 6.45) is 1.09. The summed E-state index contributed by atoms with van der Waals surface area (Å²) in [5, 5.41) is 15.6. The lowest BCUT2D eigenvalue weighted by Gasteiger charge is -2.31. The van der Waals surface area contributed by atoms with Crippen molar-refractivity contribution in [2.75, 3.05) is 0 Å². The van der Waals surface area contributed by atoms with Crippen LogP contribution in [0.2, 0.25) is 0 Å². The highest BCUT2D eigenvalue weighted by Crippen LogP contribution is 2.21. The molecule has 0 spiro atoms. The number of carbonyl (C=O) groups is 1. The van der Waals surface area contributed by atoms with Gasteiger partial charge in [-0.15, -0.1) is 11.3 Å². The van der Waals surface area contributed by atoms with Crippen LogP contribution in [0, 0.1) is 13.8 Å². The van der Waals surface area contributed by atoms with E-state index >= 15 is 0 Å². The monoisotopic (exact) mass is 284 g/mol. The van der Waals surface area contributed by atoms with E-state index in [0.717, 1.165) is 5.01 Å². The van der Waals surface area contributed by atoms with E-state index in [1.165, 1.54) is 11.3 Å². The highest BCUT2D eigenvalue weighted by atomic mass is 32.1. The molecule has 1 aromatic rings. The van der Waals surface area contributed by atoms with Crippen LogP contribution in [0.5, 0.6) is 0 Å². The van der Waals surface area contributed by atoms with Gasteiger partial charge in [0.05, 0.1) is 10.7 Å². The number of nitrogens with one attached hydrogen (secondary N) is 1. The van der Waals surface area contributed by atoms with Gasteiger partial charge < -0.3 is 16.3 Å². The Morgan fingerprint density at radius 1 is 1.47 bits per heavy atom. The van der Waals surface area contributed by atoms with E-state index < -0.39 is 5.54 Å². The van der Waals surface area contributed by atoms with E-state index in [1.54, 1.807) is 6.92 Å². The Balaban J connectivity index is 3.04. The minimum absolute atomic E-state index is 0.0183. The molecule has 0 bridgehead atoms. The number of rotatable bonds is 5. The molecule has 1 heterocycles. The zero-order valence-electron chi connectivity index (χ0n) is 11.6. The maximum atomic E-state index is 12.3. The largest absolute Gasteiger partial charge is 0.409 e. The van der Waals surface area contributed by atoms with Crippen molar-refractivity contribution in [3.63, 3.8) is 0 Å². The molecule has 19 heavy (non-hydrogen) atoms. The Kier molecular flexibility index (Phi) is 4.88. The third kappa shape index (κ3) is 3.04. The van der Waals surface area contributed by atoms with Gasteiger partial charge in [-0.2, -0.15) is 0 Å². The number of amidine groups is 1. The summed E-state index contributed by atoms with van der Waals surface area (Å²) in [5.41, 5.74) is 5.59. The maximum Gasteiger partial charge on any atom is 0.264 e. The quantitative estimate of drug-likeness (QED) is 0.332. The summed E-state index contributed by atoms with van der Waals surface area (Å²) < 4.78 is 0. The van der Waals surface area contributed by atoms with Gasteiger partial charge in [0.15, 0.2) is 5.84 Å². The number of aromatic nitrogens is 1. The lowest BCUT2D eigenvalue weighted by atomic mass is 9.91. The third-order valence-electron chi connectivity index (χ3n) is 3.27. The molecule has 1 rings (SSSR count). The minimum atomic E-state index is -0.823. The van der Waals surface area contributed by atoms with Crippen molar-refractivity contribution in [2.24, 2.45) is 10.9 Å². The average molecular weight is 284 g/mol. The number of nitrogens with zero attached hydrogens (tertiary/aromatic N) is 2. The molecular weight excluding hydrogens is 264 g/mol. The summed E-state index contributed by atoms with van der Waals surface area (Å²) in [7, 11) is 0. The van der Waals surface area contributed by atoms with Crippen molar-refractivity contribution in [2.45, 2.75) is 46.1 Å². The Bertz CT molecular complexity index is 492. The number of amides is 1. The number of nitrogens with two attached hydrogens (primary N) is 1. The molecule has 6 nitrogen and oxygen atoms in total. The lowest BCUT2D eigenvalue weighted by molar-refractivity contribution is 0.0921. The van der Waals surface area contributed by atoms with Crippen LogP contribution in [0.25, 0.3) is 0 Å². The van der Waals surface area contributed by atoms with E-state index in [2.05, 4.69) is 15.5 Å². The molecule has 0 unspecified atom stereocenters. The number of oxime groups is 1. The minimum Gasteiger partial charge on any atom is -0.409 e. The third-order valence-corrected chi connectivity index (χ3v) is 4.34. The van der Waals surface area contributed by atoms with Crippen molar-refractivity contribution in [3.05, 3.63) is 15.6 Å². The van der Waals surface area contributed by atoms with E-state index in [9.17, 15) is 4.79 Å². The van der Waals surface area contributed by atoms with Crippen LogP contribution in [-0.4, -0.2) is 27.5 Å². The number of aryl methyl sites for hydroxylation is 2. The van der Waals surface area contributed by atoms with Crippen molar-refractivity contribution in [1.29, 1.82) is 0 Å². The predicted molar refractivity (Wildman–Crippen MR) is 75.8 cm³/mol. The molecular formula is C12H20N4O2S. The van der Waals surface area contributed by atoms with Crippen LogP contribution >= 0.6 is 11.3 Å². The molecule has 0 aromatic carbocycles. The van der Waals surface area contributed by atoms with Crippen LogP contribution in [0.3, 0.4) is 0 Å². The summed E-state index contributed by atoms with van der Waals surface area (Å²) in [5.74, 6) is -0.219. The molecule has 7 heteroatoms. The van der Waals surface area contributed by atoms with Gasteiger partial charge in [-0.05, 0) is 26.7 Å². The van der Waals surface area contributed by atoms with E-state index in [1.807, 2.05) is 20.8 Å². The van der Waals surface area contributed by atoms with Gasteiger partial charge in [-0.25, -0.2) is 4.98 Å². The second-order valence-corrected chi connectivity index (χ2v) is 5.58. The van der Waals surface area contributed by atoms with Gasteiger partial charge in [0.1, 0.15) is 10.4 Å². The molecule has 0 atom stereocenters. The lowest BCUT2D eigenvalue weighted by Crippen LogP contribution is -2.56.